The zero-order valence-electron chi connectivity index (χ0n) is 15.9. The van der Waals surface area contributed by atoms with E-state index in [0.717, 1.165) is 31.2 Å². The van der Waals surface area contributed by atoms with Gasteiger partial charge in [-0.3, -0.25) is 9.98 Å². The highest BCUT2D eigenvalue weighted by Gasteiger charge is 2.18. The Labute approximate surface area is 174 Å². The van der Waals surface area contributed by atoms with Crippen LogP contribution in [0.15, 0.2) is 58.2 Å². The van der Waals surface area contributed by atoms with E-state index < -0.39 is 0 Å². The molecule has 2 N–H and O–H groups in total. The first-order chi connectivity index (χ1) is 14.2. The molecule has 150 valence electrons. The summed E-state index contributed by atoms with van der Waals surface area (Å²) in [6, 6.07) is 13.5. The molecule has 4 rings (SSSR count). The van der Waals surface area contributed by atoms with Crippen molar-refractivity contribution in [2.75, 3.05) is 37.6 Å². The number of guanidine groups is 1. The van der Waals surface area contributed by atoms with Crippen molar-refractivity contribution >= 4 is 23.2 Å². The summed E-state index contributed by atoms with van der Waals surface area (Å²) < 4.78 is 5.26. The standard InChI is InChI=1S/C20H22ClN7O/c21-15-4-6-16(7-5-15)27-11-13-28(14-12-27)20(22)24-10-8-18-25-19(29-26-18)17-3-1-2-9-23-17/h1-7,9H,8,10-14H2,(H2,22,24). The van der Waals surface area contributed by atoms with Gasteiger partial charge in [-0.1, -0.05) is 22.8 Å². The molecule has 0 radical (unpaired) electrons. The fourth-order valence-corrected chi connectivity index (χ4v) is 3.29. The van der Waals surface area contributed by atoms with Gasteiger partial charge in [0.1, 0.15) is 5.69 Å². The normalized spacial score (nSPS) is 15.0. The second-order valence-electron chi connectivity index (χ2n) is 6.67. The van der Waals surface area contributed by atoms with Crippen LogP contribution < -0.4 is 10.6 Å². The maximum atomic E-state index is 6.18. The van der Waals surface area contributed by atoms with Crippen molar-refractivity contribution < 1.29 is 4.52 Å². The summed E-state index contributed by atoms with van der Waals surface area (Å²) in [7, 11) is 0. The molecular weight excluding hydrogens is 390 g/mol. The lowest BCUT2D eigenvalue weighted by Crippen LogP contribution is -2.51. The molecule has 0 spiro atoms. The van der Waals surface area contributed by atoms with Crippen molar-refractivity contribution in [2.45, 2.75) is 6.42 Å². The third kappa shape index (κ3) is 4.83. The highest BCUT2D eigenvalue weighted by Crippen LogP contribution is 2.19. The van der Waals surface area contributed by atoms with Gasteiger partial charge in [-0.2, -0.15) is 4.98 Å². The van der Waals surface area contributed by atoms with Crippen LogP contribution in [0, 0.1) is 0 Å². The van der Waals surface area contributed by atoms with E-state index in [1.165, 1.54) is 5.69 Å². The fourth-order valence-electron chi connectivity index (χ4n) is 3.16. The number of nitrogens with two attached hydrogens (primary N) is 1. The minimum Gasteiger partial charge on any atom is -0.370 e. The molecule has 8 nitrogen and oxygen atoms in total. The number of hydrogen-bond acceptors (Lipinski definition) is 6. The number of piperazine rings is 1. The first-order valence-electron chi connectivity index (χ1n) is 9.48. The zero-order chi connectivity index (χ0) is 20.1. The van der Waals surface area contributed by atoms with Crippen LogP contribution in [0.1, 0.15) is 5.82 Å². The number of rotatable bonds is 5. The molecule has 29 heavy (non-hydrogen) atoms. The molecule has 0 atom stereocenters. The molecule has 0 saturated carbocycles. The average molecular weight is 412 g/mol. The lowest BCUT2D eigenvalue weighted by molar-refractivity contribution is 0.380. The number of aromatic nitrogens is 3. The summed E-state index contributed by atoms with van der Waals surface area (Å²) in [5.74, 6) is 1.56. The molecular formula is C20H22ClN7O. The van der Waals surface area contributed by atoms with Crippen LogP contribution in [0.2, 0.25) is 5.02 Å². The van der Waals surface area contributed by atoms with Crippen molar-refractivity contribution in [1.29, 1.82) is 0 Å². The molecule has 1 fully saturated rings. The average Bonchev–Trinajstić information content (AvgIpc) is 3.24. The quantitative estimate of drug-likeness (QED) is 0.508. The van der Waals surface area contributed by atoms with Crippen molar-refractivity contribution in [1.82, 2.24) is 20.0 Å². The molecule has 2 aromatic heterocycles. The third-order valence-corrected chi connectivity index (χ3v) is 5.01. The first kappa shape index (κ1) is 19.2. The predicted octanol–water partition coefficient (Wildman–Crippen LogP) is 2.46. The number of halogens is 1. The maximum Gasteiger partial charge on any atom is 0.276 e. The Hall–Kier alpha value is -3.13. The number of anilines is 1. The Bertz CT molecular complexity index is 950. The fraction of sp³-hybridized carbons (Fsp3) is 0.300. The van der Waals surface area contributed by atoms with E-state index >= 15 is 0 Å². The molecule has 1 aliphatic rings. The third-order valence-electron chi connectivity index (χ3n) is 4.76. The minimum absolute atomic E-state index is 0.413. The van der Waals surface area contributed by atoms with Crippen molar-refractivity contribution in [3.63, 3.8) is 0 Å². The number of aliphatic imine (C=N–C) groups is 1. The Morgan fingerprint density at radius 1 is 1.10 bits per heavy atom. The van der Waals surface area contributed by atoms with Gasteiger partial charge in [-0.25, -0.2) is 0 Å². The second-order valence-corrected chi connectivity index (χ2v) is 7.11. The van der Waals surface area contributed by atoms with Crippen LogP contribution in [0.25, 0.3) is 11.6 Å². The Morgan fingerprint density at radius 3 is 2.62 bits per heavy atom. The van der Waals surface area contributed by atoms with Gasteiger partial charge in [0.05, 0.1) is 0 Å². The second kappa shape index (κ2) is 8.91. The van der Waals surface area contributed by atoms with Crippen LogP contribution >= 0.6 is 11.6 Å². The van der Waals surface area contributed by atoms with Gasteiger partial charge < -0.3 is 20.1 Å². The van der Waals surface area contributed by atoms with Gasteiger partial charge >= 0.3 is 0 Å². The van der Waals surface area contributed by atoms with Crippen LogP contribution in [0.3, 0.4) is 0 Å². The van der Waals surface area contributed by atoms with Gasteiger partial charge in [-0.05, 0) is 36.4 Å². The zero-order valence-corrected chi connectivity index (χ0v) is 16.7. The van der Waals surface area contributed by atoms with E-state index in [-0.39, 0.29) is 0 Å². The molecule has 1 aromatic carbocycles. The molecule has 0 bridgehead atoms. The summed E-state index contributed by atoms with van der Waals surface area (Å²) >= 11 is 5.96. The van der Waals surface area contributed by atoms with E-state index in [9.17, 15) is 0 Å². The van der Waals surface area contributed by atoms with E-state index in [4.69, 9.17) is 21.9 Å². The lowest BCUT2D eigenvalue weighted by atomic mass is 10.2. The SMILES string of the molecule is NC(=NCCc1noc(-c2ccccn2)n1)N1CCN(c2ccc(Cl)cc2)CC1. The largest absolute Gasteiger partial charge is 0.370 e. The van der Waals surface area contributed by atoms with Gasteiger partial charge in [0, 0.05) is 56.1 Å². The van der Waals surface area contributed by atoms with Crippen molar-refractivity contribution in [3.05, 3.63) is 59.5 Å². The summed E-state index contributed by atoms with van der Waals surface area (Å²) in [6.07, 6.45) is 2.25. The number of nitrogens with zero attached hydrogens (tertiary/aromatic N) is 6. The number of hydrogen-bond donors (Lipinski definition) is 1. The maximum absolute atomic E-state index is 6.18. The molecule has 3 heterocycles. The van der Waals surface area contributed by atoms with Crippen LogP contribution in [0.5, 0.6) is 0 Å². The van der Waals surface area contributed by atoms with E-state index in [0.29, 0.717) is 36.3 Å². The summed E-state index contributed by atoms with van der Waals surface area (Å²) in [5.41, 5.74) is 8.01. The first-order valence-corrected chi connectivity index (χ1v) is 9.86. The van der Waals surface area contributed by atoms with E-state index in [2.05, 4.69) is 29.9 Å². The van der Waals surface area contributed by atoms with Gasteiger partial charge in [0.2, 0.25) is 0 Å². The highest BCUT2D eigenvalue weighted by molar-refractivity contribution is 6.30. The Morgan fingerprint density at radius 2 is 1.90 bits per heavy atom. The van der Waals surface area contributed by atoms with Crippen LogP contribution in [0.4, 0.5) is 5.69 Å². The van der Waals surface area contributed by atoms with E-state index in [1.807, 2.05) is 42.5 Å². The molecule has 0 aliphatic carbocycles. The number of benzene rings is 1. The monoisotopic (exact) mass is 411 g/mol. The summed E-state index contributed by atoms with van der Waals surface area (Å²) in [6.45, 7) is 3.92. The van der Waals surface area contributed by atoms with Crippen molar-refractivity contribution in [2.24, 2.45) is 10.7 Å². The van der Waals surface area contributed by atoms with E-state index in [1.54, 1.807) is 6.20 Å². The molecule has 1 aliphatic heterocycles. The minimum atomic E-state index is 0.413. The van der Waals surface area contributed by atoms with Crippen LogP contribution in [-0.4, -0.2) is 58.7 Å². The van der Waals surface area contributed by atoms with Gasteiger partial charge in [-0.15, -0.1) is 0 Å². The Kier molecular flexibility index (Phi) is 5.90. The smallest absolute Gasteiger partial charge is 0.276 e. The molecule has 9 heteroatoms. The molecule has 1 saturated heterocycles. The molecule has 0 amide bonds. The highest BCUT2D eigenvalue weighted by atomic mass is 35.5. The lowest BCUT2D eigenvalue weighted by Gasteiger charge is -2.36. The van der Waals surface area contributed by atoms with Crippen molar-refractivity contribution in [3.8, 4) is 11.6 Å². The van der Waals surface area contributed by atoms with Gasteiger partial charge in [0.25, 0.3) is 5.89 Å². The Balaban J connectivity index is 1.27. The number of pyridine rings is 1. The molecule has 0 unspecified atom stereocenters. The van der Waals surface area contributed by atoms with Crippen LogP contribution in [-0.2, 0) is 6.42 Å². The topological polar surface area (TPSA) is 96.7 Å². The summed E-state index contributed by atoms with van der Waals surface area (Å²) in [4.78, 5) is 17.5. The predicted molar refractivity (Wildman–Crippen MR) is 113 cm³/mol. The van der Waals surface area contributed by atoms with Gasteiger partial charge in [0.15, 0.2) is 11.8 Å². The summed E-state index contributed by atoms with van der Waals surface area (Å²) in [5, 5.41) is 4.73. The molecule has 3 aromatic rings.